The van der Waals surface area contributed by atoms with Gasteiger partial charge < -0.3 is 25.0 Å². The van der Waals surface area contributed by atoms with Gasteiger partial charge in [-0.1, -0.05) is 12.1 Å². The van der Waals surface area contributed by atoms with Gasteiger partial charge >= 0.3 is 6.09 Å². The summed E-state index contributed by atoms with van der Waals surface area (Å²) in [6.07, 6.45) is -0.223. The number of ether oxygens (including phenoxy) is 2. The molecule has 0 atom stereocenters. The van der Waals surface area contributed by atoms with Crippen LogP contribution in [0.4, 0.5) is 4.79 Å². The van der Waals surface area contributed by atoms with Crippen LogP contribution in [0.3, 0.4) is 0 Å². The van der Waals surface area contributed by atoms with E-state index in [1.807, 2.05) is 45.0 Å². The lowest BCUT2D eigenvalue weighted by atomic mass is 10.2. The number of carbonyl (C=O) groups excluding carboxylic acids is 1. The number of amides is 1. The van der Waals surface area contributed by atoms with E-state index in [-0.39, 0.29) is 30.1 Å². The fourth-order valence-corrected chi connectivity index (χ4v) is 3.10. The van der Waals surface area contributed by atoms with Crippen LogP contribution in [-0.4, -0.2) is 80.4 Å². The molecule has 2 rings (SSSR count). The van der Waals surface area contributed by atoms with Crippen LogP contribution in [0.2, 0.25) is 0 Å². The summed E-state index contributed by atoms with van der Waals surface area (Å²) in [5.74, 6) is 1.64. The summed E-state index contributed by atoms with van der Waals surface area (Å²) >= 11 is 0. The SMILES string of the molecule is CCNC(=NCc1cccc(OC)c1)NCCN1CCN(C(=O)OC(C)(C)C)CC1.I. The molecule has 2 N–H and O–H groups in total. The second-order valence-corrected chi connectivity index (χ2v) is 8.28. The fourth-order valence-electron chi connectivity index (χ4n) is 3.10. The zero-order chi connectivity index (χ0) is 22.0. The van der Waals surface area contributed by atoms with Crippen molar-refractivity contribution < 1.29 is 14.3 Å². The van der Waals surface area contributed by atoms with E-state index in [0.717, 1.165) is 50.0 Å². The molecule has 176 valence electrons. The molecule has 1 aromatic carbocycles. The van der Waals surface area contributed by atoms with Gasteiger partial charge in [-0.25, -0.2) is 9.79 Å². The van der Waals surface area contributed by atoms with Crippen LogP contribution in [0.15, 0.2) is 29.3 Å². The number of halogens is 1. The first kappa shape index (κ1) is 27.3. The maximum Gasteiger partial charge on any atom is 0.410 e. The number of hydrogen-bond acceptors (Lipinski definition) is 5. The Bertz CT molecular complexity index is 701. The van der Waals surface area contributed by atoms with Gasteiger partial charge in [0.2, 0.25) is 0 Å². The average Bonchev–Trinajstić information content (AvgIpc) is 2.71. The van der Waals surface area contributed by atoms with Crippen LogP contribution in [-0.2, 0) is 11.3 Å². The molecule has 1 aliphatic rings. The van der Waals surface area contributed by atoms with Crippen LogP contribution in [0, 0.1) is 0 Å². The lowest BCUT2D eigenvalue weighted by Gasteiger charge is -2.35. The number of carbonyl (C=O) groups is 1. The van der Waals surface area contributed by atoms with Crippen molar-refractivity contribution in [3.63, 3.8) is 0 Å². The maximum absolute atomic E-state index is 12.2. The quantitative estimate of drug-likeness (QED) is 0.311. The number of nitrogens with one attached hydrogen (secondary N) is 2. The predicted octanol–water partition coefficient (Wildman–Crippen LogP) is 2.92. The largest absolute Gasteiger partial charge is 0.497 e. The summed E-state index contributed by atoms with van der Waals surface area (Å²) in [6, 6.07) is 7.94. The summed E-state index contributed by atoms with van der Waals surface area (Å²) in [5, 5.41) is 6.68. The molecule has 1 aliphatic heterocycles. The van der Waals surface area contributed by atoms with E-state index in [1.54, 1.807) is 12.0 Å². The molecule has 1 aromatic rings. The molecule has 1 heterocycles. The summed E-state index contributed by atoms with van der Waals surface area (Å²) < 4.78 is 10.7. The van der Waals surface area contributed by atoms with E-state index in [2.05, 4.69) is 27.4 Å². The van der Waals surface area contributed by atoms with E-state index in [0.29, 0.717) is 19.6 Å². The van der Waals surface area contributed by atoms with Crippen molar-refractivity contribution >= 4 is 36.0 Å². The number of guanidine groups is 1. The molecule has 1 saturated heterocycles. The Labute approximate surface area is 203 Å². The Morgan fingerprint density at radius 1 is 1.16 bits per heavy atom. The van der Waals surface area contributed by atoms with E-state index in [9.17, 15) is 4.79 Å². The number of nitrogens with zero attached hydrogens (tertiary/aromatic N) is 3. The zero-order valence-electron chi connectivity index (χ0n) is 19.4. The van der Waals surface area contributed by atoms with Gasteiger partial charge in [-0.3, -0.25) is 4.90 Å². The summed E-state index contributed by atoms with van der Waals surface area (Å²) in [7, 11) is 1.67. The van der Waals surface area contributed by atoms with Gasteiger partial charge in [0.25, 0.3) is 0 Å². The van der Waals surface area contributed by atoms with Crippen molar-refractivity contribution in [2.75, 3.05) is 52.9 Å². The average molecular weight is 547 g/mol. The first-order chi connectivity index (χ1) is 14.3. The van der Waals surface area contributed by atoms with Gasteiger partial charge in [-0.05, 0) is 45.4 Å². The highest BCUT2D eigenvalue weighted by molar-refractivity contribution is 14.0. The van der Waals surface area contributed by atoms with Crippen LogP contribution < -0.4 is 15.4 Å². The second kappa shape index (κ2) is 13.6. The first-order valence-electron chi connectivity index (χ1n) is 10.7. The number of benzene rings is 1. The first-order valence-corrected chi connectivity index (χ1v) is 10.7. The third-order valence-electron chi connectivity index (χ3n) is 4.64. The monoisotopic (exact) mass is 547 g/mol. The lowest BCUT2D eigenvalue weighted by molar-refractivity contribution is 0.0147. The Balaban J connectivity index is 0.00000480. The molecule has 0 aliphatic carbocycles. The van der Waals surface area contributed by atoms with Crippen molar-refractivity contribution in [2.24, 2.45) is 4.99 Å². The molecule has 0 aromatic heterocycles. The molecule has 0 radical (unpaired) electrons. The lowest BCUT2D eigenvalue weighted by Crippen LogP contribution is -2.51. The number of piperazine rings is 1. The molecule has 9 heteroatoms. The van der Waals surface area contributed by atoms with E-state index < -0.39 is 5.60 Å². The maximum atomic E-state index is 12.2. The van der Waals surface area contributed by atoms with E-state index in [1.165, 1.54) is 0 Å². The molecule has 0 spiro atoms. The number of methoxy groups -OCH3 is 1. The molecule has 31 heavy (non-hydrogen) atoms. The highest BCUT2D eigenvalue weighted by atomic mass is 127. The van der Waals surface area contributed by atoms with Crippen molar-refractivity contribution in [3.05, 3.63) is 29.8 Å². The van der Waals surface area contributed by atoms with Crippen molar-refractivity contribution in [1.29, 1.82) is 0 Å². The topological polar surface area (TPSA) is 78.4 Å². The van der Waals surface area contributed by atoms with Gasteiger partial charge in [-0.15, -0.1) is 24.0 Å². The Morgan fingerprint density at radius 3 is 2.48 bits per heavy atom. The zero-order valence-corrected chi connectivity index (χ0v) is 21.8. The van der Waals surface area contributed by atoms with Gasteiger partial charge in [-0.2, -0.15) is 0 Å². The third-order valence-corrected chi connectivity index (χ3v) is 4.64. The van der Waals surface area contributed by atoms with Crippen molar-refractivity contribution in [2.45, 2.75) is 39.8 Å². The highest BCUT2D eigenvalue weighted by Gasteiger charge is 2.25. The minimum Gasteiger partial charge on any atom is -0.497 e. The summed E-state index contributed by atoms with van der Waals surface area (Å²) in [5.41, 5.74) is 0.648. The van der Waals surface area contributed by atoms with Gasteiger partial charge in [0.1, 0.15) is 11.4 Å². The minimum atomic E-state index is -0.453. The standard InChI is InChI=1S/C22H37N5O3.HI/c1-6-23-20(25-17-18-8-7-9-19(16-18)29-5)24-10-11-26-12-14-27(15-13-26)21(28)30-22(2,3)4;/h7-9,16H,6,10-15,17H2,1-5H3,(H2,23,24,25);1H. The number of rotatable bonds is 7. The van der Waals surface area contributed by atoms with Gasteiger partial charge in [0.05, 0.1) is 13.7 Å². The van der Waals surface area contributed by atoms with Crippen molar-refractivity contribution in [1.82, 2.24) is 20.4 Å². The molecular formula is C22H38IN5O3. The number of aliphatic imine (C=N–C) groups is 1. The molecular weight excluding hydrogens is 509 g/mol. The van der Waals surface area contributed by atoms with Crippen LogP contribution >= 0.6 is 24.0 Å². The van der Waals surface area contributed by atoms with Crippen molar-refractivity contribution in [3.8, 4) is 5.75 Å². The predicted molar refractivity (Wildman–Crippen MR) is 135 cm³/mol. The van der Waals surface area contributed by atoms with Gasteiger partial charge in [0.15, 0.2) is 5.96 Å². The molecule has 8 nitrogen and oxygen atoms in total. The molecule has 0 saturated carbocycles. The number of hydrogen-bond donors (Lipinski definition) is 2. The molecule has 0 unspecified atom stereocenters. The van der Waals surface area contributed by atoms with E-state index >= 15 is 0 Å². The third kappa shape index (κ3) is 10.4. The van der Waals surface area contributed by atoms with Gasteiger partial charge in [0, 0.05) is 45.8 Å². The molecule has 0 bridgehead atoms. The second-order valence-electron chi connectivity index (χ2n) is 8.28. The Morgan fingerprint density at radius 2 is 1.87 bits per heavy atom. The fraction of sp³-hybridized carbons (Fsp3) is 0.636. The Hall–Kier alpha value is -1.75. The Kier molecular flexibility index (Phi) is 12.0. The normalized spacial score (nSPS) is 15.1. The highest BCUT2D eigenvalue weighted by Crippen LogP contribution is 2.13. The molecule has 1 amide bonds. The molecule has 1 fully saturated rings. The summed E-state index contributed by atoms with van der Waals surface area (Å²) in [4.78, 5) is 21.0. The minimum absolute atomic E-state index is 0. The van der Waals surface area contributed by atoms with E-state index in [4.69, 9.17) is 9.47 Å². The van der Waals surface area contributed by atoms with Crippen LogP contribution in [0.1, 0.15) is 33.3 Å². The van der Waals surface area contributed by atoms with Crippen LogP contribution in [0.5, 0.6) is 5.75 Å². The summed E-state index contributed by atoms with van der Waals surface area (Å²) in [6.45, 7) is 13.9. The van der Waals surface area contributed by atoms with Crippen LogP contribution in [0.25, 0.3) is 0 Å². The smallest absolute Gasteiger partial charge is 0.410 e.